The molecule has 0 radical (unpaired) electrons. The fourth-order valence-electron chi connectivity index (χ4n) is 9.90. The van der Waals surface area contributed by atoms with Gasteiger partial charge in [0.15, 0.2) is 11.6 Å². The number of nitriles is 1. The number of nitrogens with zero attached hydrogens (tertiary/aromatic N) is 4. The summed E-state index contributed by atoms with van der Waals surface area (Å²) in [6, 6.07) is 2.90. The van der Waals surface area contributed by atoms with Crippen molar-refractivity contribution in [2.75, 3.05) is 18.4 Å². The van der Waals surface area contributed by atoms with Gasteiger partial charge in [0.1, 0.15) is 23.8 Å². The number of carbonyl (C=O) groups excluding carboxylic acids is 4. The molecule has 2 spiro atoms. The van der Waals surface area contributed by atoms with Gasteiger partial charge in [-0.1, -0.05) is 20.8 Å². The van der Waals surface area contributed by atoms with Gasteiger partial charge in [-0.3, -0.25) is 19.2 Å². The average Bonchev–Trinajstić information content (AvgIpc) is 3.84. The number of halogens is 3. The minimum atomic E-state index is -3.64. The lowest BCUT2D eigenvalue weighted by atomic mass is 9.75. The minimum absolute atomic E-state index is 0.0579. The van der Waals surface area contributed by atoms with Crippen molar-refractivity contribution in [1.29, 1.82) is 5.26 Å². The number of alkyl halides is 3. The van der Waals surface area contributed by atoms with Crippen LogP contribution in [0.3, 0.4) is 0 Å². The molecular formula is C33H37F3N6O5. The maximum absolute atomic E-state index is 15.5. The topological polar surface area (TPSA) is 145 Å². The highest BCUT2D eigenvalue weighted by Crippen LogP contribution is 2.82. The molecule has 3 aliphatic heterocycles. The summed E-state index contributed by atoms with van der Waals surface area (Å²) in [7, 11) is 0. The molecular weight excluding hydrogens is 617 g/mol. The number of fused-ring (bicyclic) bond motifs is 4. The van der Waals surface area contributed by atoms with Gasteiger partial charge in [0.25, 0.3) is 11.8 Å². The highest BCUT2D eigenvalue weighted by molar-refractivity contribution is 6.03. The molecule has 2 bridgehead atoms. The van der Waals surface area contributed by atoms with E-state index in [0.29, 0.717) is 12.8 Å². The van der Waals surface area contributed by atoms with Crippen LogP contribution < -0.4 is 15.4 Å². The van der Waals surface area contributed by atoms with E-state index in [1.54, 1.807) is 32.9 Å². The van der Waals surface area contributed by atoms with E-state index in [0.717, 1.165) is 0 Å². The first kappa shape index (κ1) is 30.4. The predicted molar refractivity (Wildman–Crippen MR) is 157 cm³/mol. The number of amides is 4. The number of aromatic nitrogens is 1. The van der Waals surface area contributed by atoms with E-state index < -0.39 is 81.6 Å². The van der Waals surface area contributed by atoms with Gasteiger partial charge in [-0.25, -0.2) is 9.37 Å². The number of hydrogen-bond acceptors (Lipinski definition) is 7. The molecule has 4 amide bonds. The Hall–Kier alpha value is -3.89. The number of pyridine rings is 1. The van der Waals surface area contributed by atoms with Crippen molar-refractivity contribution in [1.82, 2.24) is 20.1 Å². The van der Waals surface area contributed by atoms with Crippen LogP contribution in [0, 0.1) is 45.8 Å². The number of likely N-dealkylation sites (tertiary alicyclic amines) is 2. The molecule has 4 heterocycles. The molecule has 2 unspecified atom stereocenters. The van der Waals surface area contributed by atoms with Crippen molar-refractivity contribution < 1.29 is 37.1 Å². The third kappa shape index (κ3) is 3.88. The van der Waals surface area contributed by atoms with Gasteiger partial charge in [-0.15, -0.1) is 0 Å². The fraction of sp³-hybridized carbons (Fsp3) is 0.697. The van der Waals surface area contributed by atoms with Crippen LogP contribution in [0.2, 0.25) is 0 Å². The normalized spacial score (nSPS) is 38.6. The smallest absolute Gasteiger partial charge is 0.327 e. The van der Waals surface area contributed by atoms with Gasteiger partial charge in [-0.05, 0) is 67.4 Å². The van der Waals surface area contributed by atoms with Gasteiger partial charge >= 0.3 is 5.92 Å². The Morgan fingerprint density at radius 3 is 2.64 bits per heavy atom. The lowest BCUT2D eigenvalue weighted by molar-refractivity contribution is -0.156. The van der Waals surface area contributed by atoms with Crippen LogP contribution in [-0.4, -0.2) is 86.8 Å². The van der Waals surface area contributed by atoms with Gasteiger partial charge in [0, 0.05) is 30.5 Å². The molecule has 1 aromatic rings. The Labute approximate surface area is 269 Å². The molecule has 250 valence electrons. The molecule has 2 N–H and O–H groups in total. The van der Waals surface area contributed by atoms with Crippen molar-refractivity contribution in [2.24, 2.45) is 34.5 Å². The van der Waals surface area contributed by atoms with E-state index in [1.165, 1.54) is 16.0 Å². The van der Waals surface area contributed by atoms with Gasteiger partial charge in [0.2, 0.25) is 17.4 Å². The van der Waals surface area contributed by atoms with E-state index in [2.05, 4.69) is 21.7 Å². The molecule has 1 aromatic heterocycles. The van der Waals surface area contributed by atoms with Crippen molar-refractivity contribution in [2.45, 2.75) is 94.6 Å². The summed E-state index contributed by atoms with van der Waals surface area (Å²) in [4.78, 5) is 62.8. The zero-order chi connectivity index (χ0) is 33.5. The molecule has 14 heteroatoms. The number of anilines is 1. The number of hydrogen-bond donors (Lipinski definition) is 2. The van der Waals surface area contributed by atoms with E-state index in [1.807, 2.05) is 0 Å². The molecule has 6 fully saturated rings. The Kier molecular flexibility index (Phi) is 6.07. The summed E-state index contributed by atoms with van der Waals surface area (Å²) in [6.45, 7) is 4.80. The van der Waals surface area contributed by atoms with Gasteiger partial charge in [-0.2, -0.15) is 14.0 Å². The fourth-order valence-corrected chi connectivity index (χ4v) is 9.90. The van der Waals surface area contributed by atoms with Crippen LogP contribution in [-0.2, 0) is 19.2 Å². The lowest BCUT2D eigenvalue weighted by Gasteiger charge is -2.39. The molecule has 8 rings (SSSR count). The number of rotatable bonds is 5. The lowest BCUT2D eigenvalue weighted by Crippen LogP contribution is -2.62. The van der Waals surface area contributed by atoms with Crippen molar-refractivity contribution in [3.8, 4) is 11.8 Å². The highest BCUT2D eigenvalue weighted by atomic mass is 19.3. The standard InChI is InChI=1S/C33H37F3N6O5/c1-29(2,3)23(39-27(45)33(35,36)17-6-7-17)25(43)42-13-20-16-9-19(21(34)10-16)31(20)14-32(31,42)28(46)41-15-30(11-18(41)12-37)26(44)40-24-22(47-30)5-4-8-38-24/h4-5,8,16-21,23H,6-7,9-11,13-15H2,1-3H3,(H,39,45)(H,38,40,44)/t16-,18-,19+,20?,21+,23+,30+,31-,32?/m0/s1. The maximum Gasteiger partial charge on any atom is 0.327 e. The van der Waals surface area contributed by atoms with Gasteiger partial charge < -0.3 is 25.2 Å². The van der Waals surface area contributed by atoms with Crippen molar-refractivity contribution in [3.05, 3.63) is 18.3 Å². The summed E-state index contributed by atoms with van der Waals surface area (Å²) in [5.74, 6) is -8.28. The Balaban J connectivity index is 1.15. The summed E-state index contributed by atoms with van der Waals surface area (Å²) in [5, 5.41) is 15.3. The van der Waals surface area contributed by atoms with Crippen LogP contribution in [0.25, 0.3) is 0 Å². The van der Waals surface area contributed by atoms with E-state index in [4.69, 9.17) is 4.74 Å². The van der Waals surface area contributed by atoms with Crippen LogP contribution in [0.1, 0.15) is 59.3 Å². The summed E-state index contributed by atoms with van der Waals surface area (Å²) >= 11 is 0. The van der Waals surface area contributed by atoms with E-state index in [-0.39, 0.29) is 62.2 Å². The molecule has 2 saturated heterocycles. The quantitative estimate of drug-likeness (QED) is 0.497. The number of piperidine rings is 1. The molecule has 11 nitrogen and oxygen atoms in total. The minimum Gasteiger partial charge on any atom is -0.472 e. The van der Waals surface area contributed by atoms with Crippen LogP contribution in [0.4, 0.5) is 19.0 Å². The predicted octanol–water partition coefficient (Wildman–Crippen LogP) is 2.82. The molecule has 4 aliphatic carbocycles. The number of ether oxygens (including phenoxy) is 1. The number of nitrogens with one attached hydrogen (secondary N) is 2. The Morgan fingerprint density at radius 2 is 1.96 bits per heavy atom. The zero-order valence-corrected chi connectivity index (χ0v) is 26.4. The second-order valence-electron chi connectivity index (χ2n) is 15.8. The SMILES string of the molecule is CC(C)(C)[C@H](NC(=O)C(F)(F)C1CC1)C(=O)N1CC2[C@@H]3C[C@@H](F)[C@@H](C3)[C@@]23CC13C(=O)N1C[C@@]2(C[C@H]1C#N)Oc1cccnc1NC2=O. The average molecular weight is 655 g/mol. The molecule has 9 atom stereocenters. The van der Waals surface area contributed by atoms with Crippen LogP contribution in [0.15, 0.2) is 18.3 Å². The third-order valence-electron chi connectivity index (χ3n) is 12.3. The molecule has 4 saturated carbocycles. The first-order chi connectivity index (χ1) is 22.1. The van der Waals surface area contributed by atoms with E-state index >= 15 is 4.39 Å². The second kappa shape index (κ2) is 9.38. The highest BCUT2D eigenvalue weighted by Gasteiger charge is 2.90. The largest absolute Gasteiger partial charge is 0.472 e. The van der Waals surface area contributed by atoms with E-state index in [9.17, 15) is 33.2 Å². The monoisotopic (exact) mass is 654 g/mol. The van der Waals surface area contributed by atoms with Crippen molar-refractivity contribution >= 4 is 29.4 Å². The zero-order valence-electron chi connectivity index (χ0n) is 26.4. The molecule has 0 aromatic carbocycles. The van der Waals surface area contributed by atoms with Gasteiger partial charge in [0.05, 0.1) is 12.6 Å². The van der Waals surface area contributed by atoms with Crippen LogP contribution in [0.5, 0.6) is 5.75 Å². The first-order valence-electron chi connectivity index (χ1n) is 16.4. The third-order valence-corrected chi connectivity index (χ3v) is 12.3. The molecule has 7 aliphatic rings. The Morgan fingerprint density at radius 1 is 1.21 bits per heavy atom. The maximum atomic E-state index is 15.5. The second-order valence-corrected chi connectivity index (χ2v) is 15.8. The molecule has 47 heavy (non-hydrogen) atoms. The summed E-state index contributed by atoms with van der Waals surface area (Å²) < 4.78 is 51.4. The van der Waals surface area contributed by atoms with Crippen LogP contribution >= 0.6 is 0 Å². The first-order valence-corrected chi connectivity index (χ1v) is 16.4. The van der Waals surface area contributed by atoms with Crippen molar-refractivity contribution in [3.63, 3.8) is 0 Å². The summed E-state index contributed by atoms with van der Waals surface area (Å²) in [6.07, 6.45) is 1.71. The Bertz CT molecular complexity index is 1660. The summed E-state index contributed by atoms with van der Waals surface area (Å²) in [5.41, 5.74) is -5.03. The number of carbonyl (C=O) groups is 4.